The Hall–Kier alpha value is -1.18. The first kappa shape index (κ1) is 62.9. The predicted octanol–water partition coefficient (Wildman–Crippen LogP) is -2.57. The molecule has 3 unspecified atom stereocenters. The van der Waals surface area contributed by atoms with Gasteiger partial charge in [-0.05, 0) is 106 Å². The van der Waals surface area contributed by atoms with E-state index in [0.29, 0.717) is 32.1 Å². The lowest BCUT2D eigenvalue weighted by Crippen LogP contribution is -2.67. The van der Waals surface area contributed by atoms with Gasteiger partial charge in [0.05, 0.1) is 55.9 Å². The zero-order valence-corrected chi connectivity index (χ0v) is 46.4. The molecule has 0 aromatic carbocycles. The number of aliphatic hydroxyl groups excluding tert-OH is 15. The molecule has 452 valence electrons. The Morgan fingerprint density at radius 3 is 1.73 bits per heavy atom. The number of allylic oxidation sites excluding steroid dienone is 1. The summed E-state index contributed by atoms with van der Waals surface area (Å²) in [6.07, 6.45) is -25.2. The van der Waals surface area contributed by atoms with Gasteiger partial charge in [0.15, 0.2) is 18.9 Å². The summed E-state index contributed by atoms with van der Waals surface area (Å²) >= 11 is 0. The summed E-state index contributed by atoms with van der Waals surface area (Å²) < 4.78 is 43.0. The molecule has 23 nitrogen and oxygen atoms in total. The van der Waals surface area contributed by atoms with Crippen LogP contribution in [0, 0.1) is 51.2 Å². The highest BCUT2D eigenvalue weighted by molar-refractivity contribution is 5.32. The summed E-state index contributed by atoms with van der Waals surface area (Å²) in [5.74, 6) is -0.672. The van der Waals surface area contributed by atoms with Gasteiger partial charge in [0.25, 0.3) is 0 Å². The number of ether oxygens (including phenoxy) is 7. The third kappa shape index (κ3) is 10.9. The van der Waals surface area contributed by atoms with Crippen LogP contribution in [0.1, 0.15) is 113 Å². The second kappa shape index (κ2) is 23.7. The molecule has 0 aromatic rings. The Kier molecular flexibility index (Phi) is 19.1. The van der Waals surface area contributed by atoms with Crippen molar-refractivity contribution in [3.8, 4) is 0 Å². The molecule has 16 N–H and O–H groups in total. The number of fused-ring (bicyclic) bond motifs is 5. The van der Waals surface area contributed by atoms with Crippen LogP contribution in [0.2, 0.25) is 0 Å². The maximum Gasteiger partial charge on any atom is 0.187 e. The lowest BCUT2D eigenvalue weighted by molar-refractivity contribution is -0.382. The van der Waals surface area contributed by atoms with Crippen LogP contribution in [0.3, 0.4) is 0 Å². The Labute approximate surface area is 456 Å². The Morgan fingerprint density at radius 2 is 1.17 bits per heavy atom. The van der Waals surface area contributed by atoms with Crippen molar-refractivity contribution in [2.45, 2.75) is 254 Å². The monoisotopic (exact) mass is 1120 g/mol. The number of aliphatic hydroxyl groups is 16. The van der Waals surface area contributed by atoms with E-state index in [1.807, 2.05) is 0 Å². The zero-order chi connectivity index (χ0) is 57.5. The Morgan fingerprint density at radius 1 is 0.603 bits per heavy atom. The first-order valence-electron chi connectivity index (χ1n) is 28.4. The maximum atomic E-state index is 12.7. The molecule has 4 saturated carbocycles. The summed E-state index contributed by atoms with van der Waals surface area (Å²) in [6.45, 7) is 13.6. The van der Waals surface area contributed by atoms with E-state index in [1.54, 1.807) is 13.8 Å². The minimum atomic E-state index is -1.94. The maximum absolute atomic E-state index is 12.7. The van der Waals surface area contributed by atoms with Crippen molar-refractivity contribution in [2.75, 3.05) is 26.4 Å². The number of rotatable bonds is 17. The molecule has 0 amide bonds. The van der Waals surface area contributed by atoms with Gasteiger partial charge in [0.1, 0.15) is 85.5 Å². The predicted molar refractivity (Wildman–Crippen MR) is 271 cm³/mol. The highest BCUT2D eigenvalue weighted by Gasteiger charge is 2.70. The van der Waals surface area contributed by atoms with Gasteiger partial charge < -0.3 is 115 Å². The quantitative estimate of drug-likeness (QED) is 0.0666. The van der Waals surface area contributed by atoms with Gasteiger partial charge in [-0.25, -0.2) is 0 Å². The molecule has 7 fully saturated rings. The molecule has 3 heterocycles. The molecule has 0 spiro atoms. The summed E-state index contributed by atoms with van der Waals surface area (Å²) in [7, 11) is 0. The molecule has 0 aromatic heterocycles. The van der Waals surface area contributed by atoms with Crippen LogP contribution in [0.4, 0.5) is 0 Å². The Balaban J connectivity index is 0.995. The first-order chi connectivity index (χ1) is 36.5. The fourth-order valence-electron chi connectivity index (χ4n) is 16.2. The minimum Gasteiger partial charge on any atom is -0.396 e. The van der Waals surface area contributed by atoms with Gasteiger partial charge in [-0.15, -0.1) is 0 Å². The molecule has 30 atom stereocenters. The topological polar surface area (TPSA) is 388 Å². The smallest absolute Gasteiger partial charge is 0.187 e. The second-order valence-corrected chi connectivity index (χ2v) is 26.3. The highest BCUT2D eigenvalue weighted by Crippen LogP contribution is 2.75. The molecular weight excluding hydrogens is 1030 g/mol. The molecule has 78 heavy (non-hydrogen) atoms. The second-order valence-electron chi connectivity index (χ2n) is 26.3. The number of hydrogen-bond acceptors (Lipinski definition) is 23. The fraction of sp³-hybridized carbons (Fsp3) is 0.964. The van der Waals surface area contributed by atoms with E-state index >= 15 is 0 Å². The van der Waals surface area contributed by atoms with Crippen molar-refractivity contribution in [1.29, 1.82) is 0 Å². The molecule has 0 bridgehead atoms. The molecule has 23 heteroatoms. The largest absolute Gasteiger partial charge is 0.396 e. The van der Waals surface area contributed by atoms with E-state index in [9.17, 15) is 81.7 Å². The van der Waals surface area contributed by atoms with Crippen LogP contribution < -0.4 is 0 Å². The molecule has 8 aliphatic rings. The van der Waals surface area contributed by atoms with Gasteiger partial charge in [-0.1, -0.05) is 53.2 Å². The van der Waals surface area contributed by atoms with E-state index in [-0.39, 0.29) is 47.3 Å². The summed E-state index contributed by atoms with van der Waals surface area (Å²) in [5, 5.41) is 173. The van der Waals surface area contributed by atoms with E-state index in [2.05, 4.69) is 47.6 Å². The van der Waals surface area contributed by atoms with Crippen molar-refractivity contribution in [3.63, 3.8) is 0 Å². The summed E-state index contributed by atoms with van der Waals surface area (Å²) in [5.41, 5.74) is -2.01. The first-order valence-corrected chi connectivity index (χ1v) is 28.4. The van der Waals surface area contributed by atoms with E-state index in [4.69, 9.17) is 33.2 Å². The molecule has 0 radical (unpaired) electrons. The van der Waals surface area contributed by atoms with Gasteiger partial charge in [-0.3, -0.25) is 0 Å². The van der Waals surface area contributed by atoms with Gasteiger partial charge in [0, 0.05) is 23.4 Å². The van der Waals surface area contributed by atoms with Crippen LogP contribution in [-0.4, -0.2) is 249 Å². The molecular formula is C55H94O23. The lowest BCUT2D eigenvalue weighted by Gasteiger charge is -2.67. The highest BCUT2D eigenvalue weighted by atomic mass is 16.8. The van der Waals surface area contributed by atoms with E-state index < -0.39 is 184 Å². The van der Waals surface area contributed by atoms with Crippen LogP contribution in [-0.2, 0) is 33.2 Å². The van der Waals surface area contributed by atoms with Crippen molar-refractivity contribution in [3.05, 3.63) is 11.6 Å². The molecule has 5 aliphatic carbocycles. The van der Waals surface area contributed by atoms with Crippen molar-refractivity contribution >= 4 is 0 Å². The van der Waals surface area contributed by atoms with Crippen molar-refractivity contribution in [1.82, 2.24) is 0 Å². The van der Waals surface area contributed by atoms with Gasteiger partial charge in [0.2, 0.25) is 0 Å². The van der Waals surface area contributed by atoms with Crippen LogP contribution in [0.5, 0.6) is 0 Å². The van der Waals surface area contributed by atoms with Gasteiger partial charge >= 0.3 is 0 Å². The fourth-order valence-corrected chi connectivity index (χ4v) is 16.2. The average molecular weight is 1120 g/mol. The normalized spacial score (nSPS) is 51.4. The third-order valence-electron chi connectivity index (χ3n) is 21.3. The molecule has 3 aliphatic heterocycles. The average Bonchev–Trinajstić information content (AvgIpc) is 3.12. The SMILES string of the molecule is C[C@H](CC[C@@H](O[C@@H]1O[C@H](CO)[C@@H](O[C@@H]2C[C@H](CO)[C@@H](O)[C@H](O)[C@H]2O)[C@H](O)[C@H]1O[C@@H]1O[C@H](CO)[C@@H](O)[C@H](O)[C@H]1O)C(C)(C)O)C1CC[C@@]2(C)C3CC=C4C(CC[C@H](O[C@@H]5O[C@H](CO)[C@@H](O)[C@H](O)[C@H]5O)C4(C)C)[C@]3(C)[C@H](O)C[C@]12C. The molecule has 8 rings (SSSR count). The van der Waals surface area contributed by atoms with Crippen LogP contribution in [0.25, 0.3) is 0 Å². The summed E-state index contributed by atoms with van der Waals surface area (Å²) in [4.78, 5) is 0. The third-order valence-corrected chi connectivity index (χ3v) is 21.3. The van der Waals surface area contributed by atoms with Gasteiger partial charge in [-0.2, -0.15) is 0 Å². The van der Waals surface area contributed by atoms with Crippen LogP contribution in [0.15, 0.2) is 11.6 Å². The van der Waals surface area contributed by atoms with Crippen molar-refractivity contribution in [2.24, 2.45) is 51.2 Å². The van der Waals surface area contributed by atoms with E-state index in [1.165, 1.54) is 0 Å². The minimum absolute atomic E-state index is 0.0131. The van der Waals surface area contributed by atoms with Crippen molar-refractivity contribution < 1.29 is 115 Å². The Bertz CT molecular complexity index is 2020. The molecule has 3 saturated heterocycles. The standard InChI is InChI=1S/C55H94O23/c1-23(25-15-16-53(6)32-12-10-26-27(55(32,8)33(60)18-54(25,53)7)11-14-34(51(26,2)3)76-48-43(68)41(66)38(63)29(20-57)73-48)9-13-35(52(4,5)71)77-50-47(78-49-44(69)42(67)39(64)30(21-58)74-49)45(70)46(31(22-59)75-50)72-28-17-24(19-56)36(61)40(65)37(28)62/h10,23-25,27-50,56-71H,9,11-22H2,1-8H3/t23-,24-,25?,27?,28-,29-,30-,31-,32?,33-,34+,35-,36-,37+,38-,39-,40+,41+,42+,43-,44-,45+,46-,47-,48+,49+,50+,53+,54-,55+/m1/s1. The zero-order valence-electron chi connectivity index (χ0n) is 46.4. The summed E-state index contributed by atoms with van der Waals surface area (Å²) in [6, 6.07) is 0. The van der Waals surface area contributed by atoms with Crippen LogP contribution >= 0.6 is 0 Å². The number of hydrogen-bond donors (Lipinski definition) is 16. The van der Waals surface area contributed by atoms with E-state index in [0.717, 1.165) is 18.4 Å². The lowest BCUT2D eigenvalue weighted by atomic mass is 9.38.